The van der Waals surface area contributed by atoms with Crippen LogP contribution in [0.3, 0.4) is 0 Å². The minimum atomic E-state index is 0.458. The molecule has 114 valence electrons. The van der Waals surface area contributed by atoms with Gasteiger partial charge in [-0.3, -0.25) is 0 Å². The van der Waals surface area contributed by atoms with Crippen LogP contribution in [0.2, 0.25) is 0 Å². The highest BCUT2D eigenvalue weighted by Gasteiger charge is 2.18. The zero-order valence-electron chi connectivity index (χ0n) is 13.3. The molecule has 1 aromatic heterocycles. The second kappa shape index (κ2) is 6.61. The molecule has 1 unspecified atom stereocenters. The lowest BCUT2D eigenvalue weighted by Gasteiger charge is -2.21. The van der Waals surface area contributed by atoms with Crippen LogP contribution in [0.15, 0.2) is 24.3 Å². The molecule has 2 aromatic rings. The first-order valence-electron chi connectivity index (χ1n) is 8.48. The van der Waals surface area contributed by atoms with Crippen molar-refractivity contribution < 1.29 is 0 Å². The Kier molecular flexibility index (Phi) is 4.59. The average Bonchev–Trinajstić information content (AvgIpc) is 3.12. The molecule has 1 saturated carbocycles. The van der Waals surface area contributed by atoms with Gasteiger partial charge in [0.05, 0.1) is 11.0 Å². The Labute approximate surface area is 127 Å². The summed E-state index contributed by atoms with van der Waals surface area (Å²) in [6, 6.07) is 9.72. The molecule has 1 aromatic carbocycles. The van der Waals surface area contributed by atoms with Crippen molar-refractivity contribution in [3.63, 3.8) is 0 Å². The van der Waals surface area contributed by atoms with E-state index in [1.807, 2.05) is 0 Å². The van der Waals surface area contributed by atoms with Gasteiger partial charge < -0.3 is 9.88 Å². The molecule has 21 heavy (non-hydrogen) atoms. The summed E-state index contributed by atoms with van der Waals surface area (Å²) in [6.45, 7) is 5.59. The number of para-hydroxylation sites is 2. The molecule has 1 fully saturated rings. The smallest absolute Gasteiger partial charge is 0.110 e. The topological polar surface area (TPSA) is 29.9 Å². The summed E-state index contributed by atoms with van der Waals surface area (Å²) in [7, 11) is 0. The number of hydrogen-bond acceptors (Lipinski definition) is 2. The van der Waals surface area contributed by atoms with Crippen LogP contribution < -0.4 is 5.32 Å². The number of nitrogens with zero attached hydrogens (tertiary/aromatic N) is 2. The van der Waals surface area contributed by atoms with Crippen LogP contribution in [-0.2, 0) is 6.42 Å². The molecule has 0 spiro atoms. The van der Waals surface area contributed by atoms with Crippen molar-refractivity contribution in [2.45, 2.75) is 64.5 Å². The normalized spacial score (nSPS) is 17.6. The van der Waals surface area contributed by atoms with Gasteiger partial charge >= 0.3 is 0 Å². The maximum Gasteiger partial charge on any atom is 0.110 e. The zero-order valence-corrected chi connectivity index (χ0v) is 13.3. The maximum absolute atomic E-state index is 4.84. The van der Waals surface area contributed by atoms with Crippen molar-refractivity contribution in [2.24, 2.45) is 0 Å². The van der Waals surface area contributed by atoms with E-state index in [9.17, 15) is 0 Å². The van der Waals surface area contributed by atoms with E-state index in [-0.39, 0.29) is 0 Å². The first kappa shape index (κ1) is 14.6. The predicted molar refractivity (Wildman–Crippen MR) is 88.7 cm³/mol. The lowest BCUT2D eigenvalue weighted by atomic mass is 10.2. The van der Waals surface area contributed by atoms with Gasteiger partial charge in [-0.1, -0.05) is 31.9 Å². The fraction of sp³-hybridized carbons (Fsp3) is 0.611. The van der Waals surface area contributed by atoms with E-state index in [4.69, 9.17) is 4.98 Å². The van der Waals surface area contributed by atoms with Crippen LogP contribution in [0.25, 0.3) is 11.0 Å². The van der Waals surface area contributed by atoms with Crippen molar-refractivity contribution in [1.82, 2.24) is 14.9 Å². The lowest BCUT2D eigenvalue weighted by molar-refractivity contribution is 0.437. The quantitative estimate of drug-likeness (QED) is 0.866. The van der Waals surface area contributed by atoms with E-state index < -0.39 is 0 Å². The van der Waals surface area contributed by atoms with E-state index in [1.165, 1.54) is 37.0 Å². The van der Waals surface area contributed by atoms with E-state index >= 15 is 0 Å². The standard InChI is InChI=1S/C18H27N3/c1-3-8-18-20-16-11-6-7-12-17(16)21(18)14(2)13-19-15-9-4-5-10-15/h6-7,11-12,14-15,19H,3-5,8-10,13H2,1-2H3. The first-order chi connectivity index (χ1) is 10.3. The third-order valence-electron chi connectivity index (χ3n) is 4.64. The average molecular weight is 285 g/mol. The molecule has 1 aliphatic carbocycles. The Morgan fingerprint density at radius 3 is 2.81 bits per heavy atom. The fourth-order valence-corrected chi connectivity index (χ4v) is 3.54. The summed E-state index contributed by atoms with van der Waals surface area (Å²) in [5, 5.41) is 3.76. The van der Waals surface area contributed by atoms with Gasteiger partial charge in [-0.2, -0.15) is 0 Å². The Bertz CT molecular complexity index is 581. The molecule has 0 radical (unpaired) electrons. The first-order valence-corrected chi connectivity index (χ1v) is 8.48. The SMILES string of the molecule is CCCc1nc2ccccc2n1C(C)CNC1CCCC1. The number of fused-ring (bicyclic) bond motifs is 1. The molecular formula is C18H27N3. The van der Waals surface area contributed by atoms with Gasteiger partial charge in [0.15, 0.2) is 0 Å². The van der Waals surface area contributed by atoms with E-state index in [2.05, 4.69) is 48.0 Å². The third kappa shape index (κ3) is 3.13. The molecule has 1 N–H and O–H groups in total. The Hall–Kier alpha value is -1.35. The van der Waals surface area contributed by atoms with Crippen LogP contribution in [0.4, 0.5) is 0 Å². The number of nitrogens with one attached hydrogen (secondary N) is 1. The fourth-order valence-electron chi connectivity index (χ4n) is 3.54. The second-order valence-electron chi connectivity index (χ2n) is 6.38. The van der Waals surface area contributed by atoms with E-state index in [0.717, 1.165) is 30.9 Å². The van der Waals surface area contributed by atoms with Gasteiger partial charge in [0, 0.05) is 25.0 Å². The van der Waals surface area contributed by atoms with Crippen molar-refractivity contribution in [2.75, 3.05) is 6.54 Å². The number of hydrogen-bond donors (Lipinski definition) is 1. The predicted octanol–water partition coefficient (Wildman–Crippen LogP) is 4.08. The molecule has 1 heterocycles. The number of aryl methyl sites for hydroxylation is 1. The second-order valence-corrected chi connectivity index (χ2v) is 6.38. The number of benzene rings is 1. The van der Waals surface area contributed by atoms with Crippen molar-refractivity contribution in [3.8, 4) is 0 Å². The molecule has 0 bridgehead atoms. The van der Waals surface area contributed by atoms with Gasteiger partial charge in [-0.05, 0) is 38.3 Å². The largest absolute Gasteiger partial charge is 0.324 e. The highest BCUT2D eigenvalue weighted by Crippen LogP contribution is 2.23. The molecule has 0 aliphatic heterocycles. The van der Waals surface area contributed by atoms with Crippen LogP contribution in [0.1, 0.15) is 57.8 Å². The number of aromatic nitrogens is 2. The van der Waals surface area contributed by atoms with E-state index in [0.29, 0.717) is 6.04 Å². The summed E-state index contributed by atoms with van der Waals surface area (Å²) in [5.41, 5.74) is 2.41. The monoisotopic (exact) mass is 285 g/mol. The Morgan fingerprint density at radius 1 is 1.29 bits per heavy atom. The van der Waals surface area contributed by atoms with Gasteiger partial charge in [-0.15, -0.1) is 0 Å². The summed E-state index contributed by atoms with van der Waals surface area (Å²) in [4.78, 5) is 4.84. The highest BCUT2D eigenvalue weighted by molar-refractivity contribution is 5.76. The molecule has 3 rings (SSSR count). The number of imidazole rings is 1. The van der Waals surface area contributed by atoms with Crippen LogP contribution in [0.5, 0.6) is 0 Å². The molecule has 1 aliphatic rings. The highest BCUT2D eigenvalue weighted by atomic mass is 15.1. The van der Waals surface area contributed by atoms with E-state index in [1.54, 1.807) is 0 Å². The summed E-state index contributed by atoms with van der Waals surface area (Å²) in [5.74, 6) is 1.24. The zero-order chi connectivity index (χ0) is 14.7. The molecular weight excluding hydrogens is 258 g/mol. The van der Waals surface area contributed by atoms with Crippen molar-refractivity contribution >= 4 is 11.0 Å². The lowest BCUT2D eigenvalue weighted by Crippen LogP contribution is -2.32. The molecule has 0 saturated heterocycles. The molecule has 3 heteroatoms. The van der Waals surface area contributed by atoms with Gasteiger partial charge in [0.1, 0.15) is 5.82 Å². The van der Waals surface area contributed by atoms with Crippen LogP contribution in [-0.4, -0.2) is 22.1 Å². The van der Waals surface area contributed by atoms with Gasteiger partial charge in [0.2, 0.25) is 0 Å². The van der Waals surface area contributed by atoms with Crippen molar-refractivity contribution in [3.05, 3.63) is 30.1 Å². The number of rotatable bonds is 6. The van der Waals surface area contributed by atoms with Gasteiger partial charge in [0.25, 0.3) is 0 Å². The molecule has 1 atom stereocenters. The Balaban J connectivity index is 1.80. The van der Waals surface area contributed by atoms with Crippen molar-refractivity contribution in [1.29, 1.82) is 0 Å². The van der Waals surface area contributed by atoms with Crippen LogP contribution in [0, 0.1) is 0 Å². The van der Waals surface area contributed by atoms with Crippen LogP contribution >= 0.6 is 0 Å². The summed E-state index contributed by atoms with van der Waals surface area (Å²) in [6.07, 6.45) is 7.68. The third-order valence-corrected chi connectivity index (χ3v) is 4.64. The molecule has 0 amide bonds. The maximum atomic E-state index is 4.84. The summed E-state index contributed by atoms with van der Waals surface area (Å²) >= 11 is 0. The minimum absolute atomic E-state index is 0.458. The summed E-state index contributed by atoms with van der Waals surface area (Å²) < 4.78 is 2.45. The Morgan fingerprint density at radius 2 is 2.05 bits per heavy atom. The molecule has 3 nitrogen and oxygen atoms in total. The minimum Gasteiger partial charge on any atom is -0.324 e. The van der Waals surface area contributed by atoms with Gasteiger partial charge in [-0.25, -0.2) is 4.98 Å².